The fourth-order valence-corrected chi connectivity index (χ4v) is 1.76. The number of benzene rings is 1. The van der Waals surface area contributed by atoms with Crippen molar-refractivity contribution in [3.05, 3.63) is 29.8 Å². The molecule has 0 aliphatic carbocycles. The lowest BCUT2D eigenvalue weighted by Gasteiger charge is -2.16. The molecule has 0 aromatic heterocycles. The number of nitrogens with one attached hydrogen (secondary N) is 1. The highest BCUT2D eigenvalue weighted by molar-refractivity contribution is 5.29. The van der Waals surface area contributed by atoms with Gasteiger partial charge < -0.3 is 10.1 Å². The molecule has 0 spiro atoms. The Morgan fingerprint density at radius 1 is 1.11 bits per heavy atom. The van der Waals surface area contributed by atoms with E-state index in [1.54, 1.807) is 0 Å². The molecule has 0 bridgehead atoms. The van der Waals surface area contributed by atoms with E-state index in [-0.39, 0.29) is 6.10 Å². The summed E-state index contributed by atoms with van der Waals surface area (Å²) >= 11 is 0. The van der Waals surface area contributed by atoms with E-state index in [9.17, 15) is 0 Å². The van der Waals surface area contributed by atoms with Crippen LogP contribution >= 0.6 is 0 Å². The van der Waals surface area contributed by atoms with Gasteiger partial charge in [-0.2, -0.15) is 0 Å². The molecule has 0 heterocycles. The molecule has 0 fully saturated rings. The van der Waals surface area contributed by atoms with Crippen LogP contribution in [0, 0.1) is 0 Å². The monoisotopic (exact) mass is 249 g/mol. The maximum absolute atomic E-state index is 5.78. The normalized spacial score (nSPS) is 14.2. The smallest absolute Gasteiger partial charge is 0.119 e. The summed E-state index contributed by atoms with van der Waals surface area (Å²) in [4.78, 5) is 0. The number of hydrogen-bond acceptors (Lipinski definition) is 2. The molecule has 2 nitrogen and oxygen atoms in total. The van der Waals surface area contributed by atoms with Gasteiger partial charge in [-0.3, -0.25) is 0 Å². The predicted molar refractivity (Wildman–Crippen MR) is 78.1 cm³/mol. The summed E-state index contributed by atoms with van der Waals surface area (Å²) in [5.74, 6) is 0.967. The molecule has 1 aromatic carbocycles. The van der Waals surface area contributed by atoms with Crippen LogP contribution in [-0.4, -0.2) is 12.6 Å². The Balaban J connectivity index is 2.48. The van der Waals surface area contributed by atoms with Gasteiger partial charge in [0.2, 0.25) is 0 Å². The Hall–Kier alpha value is -1.02. The van der Waals surface area contributed by atoms with Crippen LogP contribution in [0.5, 0.6) is 5.75 Å². The number of rotatable bonds is 8. The molecule has 102 valence electrons. The average molecular weight is 249 g/mol. The zero-order valence-electron chi connectivity index (χ0n) is 12.2. The molecule has 1 N–H and O–H groups in total. The SMILES string of the molecule is CCCCN[C@@H](C)c1ccc(O[C@H](C)CC)cc1. The van der Waals surface area contributed by atoms with Gasteiger partial charge in [0.05, 0.1) is 6.10 Å². The Morgan fingerprint density at radius 3 is 2.33 bits per heavy atom. The minimum atomic E-state index is 0.288. The summed E-state index contributed by atoms with van der Waals surface area (Å²) in [6.07, 6.45) is 3.80. The van der Waals surface area contributed by atoms with Gasteiger partial charge >= 0.3 is 0 Å². The topological polar surface area (TPSA) is 21.3 Å². The van der Waals surface area contributed by atoms with Crippen LogP contribution in [0.1, 0.15) is 58.6 Å². The third-order valence-electron chi connectivity index (χ3n) is 3.27. The predicted octanol–water partition coefficient (Wildman–Crippen LogP) is 4.31. The van der Waals surface area contributed by atoms with Crippen molar-refractivity contribution in [2.75, 3.05) is 6.54 Å². The van der Waals surface area contributed by atoms with Crippen molar-refractivity contribution in [3.8, 4) is 5.75 Å². The fraction of sp³-hybridized carbons (Fsp3) is 0.625. The third kappa shape index (κ3) is 5.09. The summed E-state index contributed by atoms with van der Waals surface area (Å²) in [7, 11) is 0. The molecular formula is C16H27NO. The maximum atomic E-state index is 5.78. The van der Waals surface area contributed by atoms with Crippen molar-refractivity contribution in [1.82, 2.24) is 5.32 Å². The first-order valence-corrected chi connectivity index (χ1v) is 7.17. The average Bonchev–Trinajstić information content (AvgIpc) is 2.39. The van der Waals surface area contributed by atoms with E-state index in [0.29, 0.717) is 6.04 Å². The quantitative estimate of drug-likeness (QED) is 0.693. The molecule has 2 heteroatoms. The number of ether oxygens (including phenoxy) is 1. The van der Waals surface area contributed by atoms with Gasteiger partial charge in [-0.05, 0) is 50.9 Å². The molecule has 0 unspecified atom stereocenters. The molecule has 0 aliphatic rings. The number of unbranched alkanes of at least 4 members (excludes halogenated alkanes) is 1. The second kappa shape index (κ2) is 8.15. The van der Waals surface area contributed by atoms with Gasteiger partial charge in [0.25, 0.3) is 0 Å². The van der Waals surface area contributed by atoms with E-state index in [1.807, 2.05) is 0 Å². The van der Waals surface area contributed by atoms with E-state index in [2.05, 4.69) is 57.3 Å². The Labute approximate surface area is 112 Å². The standard InChI is InChI=1S/C16H27NO/c1-5-7-12-17-14(4)15-8-10-16(11-9-15)18-13(3)6-2/h8-11,13-14,17H,5-7,12H2,1-4H3/t13-,14+/m1/s1. The second-order valence-corrected chi connectivity index (χ2v) is 4.94. The van der Waals surface area contributed by atoms with E-state index < -0.39 is 0 Å². The minimum absolute atomic E-state index is 0.288. The lowest BCUT2D eigenvalue weighted by Crippen LogP contribution is -2.19. The molecule has 1 rings (SSSR count). The van der Waals surface area contributed by atoms with Crippen LogP contribution in [0.4, 0.5) is 0 Å². The van der Waals surface area contributed by atoms with Gasteiger partial charge in [0.1, 0.15) is 5.75 Å². The minimum Gasteiger partial charge on any atom is -0.491 e. The van der Waals surface area contributed by atoms with Crippen molar-refractivity contribution >= 4 is 0 Å². The van der Waals surface area contributed by atoms with E-state index in [0.717, 1.165) is 18.7 Å². The van der Waals surface area contributed by atoms with Gasteiger partial charge in [0.15, 0.2) is 0 Å². The van der Waals surface area contributed by atoms with Crippen molar-refractivity contribution in [2.24, 2.45) is 0 Å². The molecule has 2 atom stereocenters. The lowest BCUT2D eigenvalue weighted by molar-refractivity contribution is 0.217. The van der Waals surface area contributed by atoms with Crippen molar-refractivity contribution in [1.29, 1.82) is 0 Å². The number of hydrogen-bond donors (Lipinski definition) is 1. The summed E-state index contributed by atoms with van der Waals surface area (Å²) in [5, 5.41) is 3.53. The highest BCUT2D eigenvalue weighted by atomic mass is 16.5. The van der Waals surface area contributed by atoms with Crippen LogP contribution in [0.2, 0.25) is 0 Å². The molecule has 0 saturated carbocycles. The van der Waals surface area contributed by atoms with Gasteiger partial charge in [-0.15, -0.1) is 0 Å². The molecule has 0 amide bonds. The highest BCUT2D eigenvalue weighted by Crippen LogP contribution is 2.19. The Bertz CT molecular complexity index is 320. The molecule has 0 saturated heterocycles. The Kier molecular flexibility index (Phi) is 6.81. The van der Waals surface area contributed by atoms with Crippen molar-refractivity contribution in [3.63, 3.8) is 0 Å². The molecular weight excluding hydrogens is 222 g/mol. The maximum Gasteiger partial charge on any atom is 0.119 e. The van der Waals surface area contributed by atoms with Gasteiger partial charge in [0, 0.05) is 6.04 Å². The fourth-order valence-electron chi connectivity index (χ4n) is 1.76. The Morgan fingerprint density at radius 2 is 1.78 bits per heavy atom. The van der Waals surface area contributed by atoms with Crippen LogP contribution in [0.15, 0.2) is 24.3 Å². The molecule has 18 heavy (non-hydrogen) atoms. The zero-order chi connectivity index (χ0) is 13.4. The third-order valence-corrected chi connectivity index (χ3v) is 3.27. The summed E-state index contributed by atoms with van der Waals surface area (Å²) in [5.41, 5.74) is 1.32. The molecule has 0 radical (unpaired) electrons. The van der Waals surface area contributed by atoms with Crippen LogP contribution in [0.25, 0.3) is 0 Å². The first-order chi connectivity index (χ1) is 8.67. The molecule has 0 aliphatic heterocycles. The van der Waals surface area contributed by atoms with Gasteiger partial charge in [-0.1, -0.05) is 32.4 Å². The summed E-state index contributed by atoms with van der Waals surface area (Å²) in [6.45, 7) is 9.75. The van der Waals surface area contributed by atoms with Crippen molar-refractivity contribution < 1.29 is 4.74 Å². The van der Waals surface area contributed by atoms with Gasteiger partial charge in [-0.25, -0.2) is 0 Å². The first-order valence-electron chi connectivity index (χ1n) is 7.17. The van der Waals surface area contributed by atoms with Crippen LogP contribution in [-0.2, 0) is 0 Å². The summed E-state index contributed by atoms with van der Waals surface area (Å²) in [6, 6.07) is 8.86. The van der Waals surface area contributed by atoms with E-state index in [4.69, 9.17) is 4.74 Å². The highest BCUT2D eigenvalue weighted by Gasteiger charge is 2.05. The first kappa shape index (κ1) is 15.0. The van der Waals surface area contributed by atoms with Crippen LogP contribution in [0.3, 0.4) is 0 Å². The van der Waals surface area contributed by atoms with E-state index in [1.165, 1.54) is 18.4 Å². The van der Waals surface area contributed by atoms with Crippen molar-refractivity contribution in [2.45, 2.75) is 59.1 Å². The molecule has 1 aromatic rings. The second-order valence-electron chi connectivity index (χ2n) is 4.94. The summed E-state index contributed by atoms with van der Waals surface area (Å²) < 4.78 is 5.78. The van der Waals surface area contributed by atoms with E-state index >= 15 is 0 Å². The largest absolute Gasteiger partial charge is 0.491 e. The zero-order valence-corrected chi connectivity index (χ0v) is 12.2. The lowest BCUT2D eigenvalue weighted by atomic mass is 10.1. The van der Waals surface area contributed by atoms with Crippen LogP contribution < -0.4 is 10.1 Å².